The molecule has 22 heavy (non-hydrogen) atoms. The van der Waals surface area contributed by atoms with Crippen molar-refractivity contribution in [2.45, 2.75) is 0 Å². The second-order valence-electron chi connectivity index (χ2n) is 4.40. The highest BCUT2D eigenvalue weighted by atomic mass is 16.4. The van der Waals surface area contributed by atoms with E-state index >= 15 is 0 Å². The quantitative estimate of drug-likeness (QED) is 0.337. The Labute approximate surface area is 124 Å². The first-order valence-corrected chi connectivity index (χ1v) is 6.16. The topological polar surface area (TPSA) is 121 Å². The Morgan fingerprint density at radius 3 is 2.23 bits per heavy atom. The Hall–Kier alpha value is -3.19. The molecular formula is C15H12N2O5. The number of aliphatic carboxylic acids is 1. The van der Waals surface area contributed by atoms with Crippen LogP contribution in [-0.4, -0.2) is 33.0 Å². The molecule has 0 atom stereocenters. The molecule has 0 heterocycles. The molecule has 0 saturated carbocycles. The van der Waals surface area contributed by atoms with Crippen LogP contribution in [0.5, 0.6) is 5.75 Å². The summed E-state index contributed by atoms with van der Waals surface area (Å²) < 4.78 is 0. The zero-order valence-corrected chi connectivity index (χ0v) is 11.3. The van der Waals surface area contributed by atoms with Gasteiger partial charge in [-0.3, -0.25) is 9.59 Å². The number of aromatic hydroxyl groups is 1. The second kappa shape index (κ2) is 6.06. The van der Waals surface area contributed by atoms with Crippen LogP contribution in [0.3, 0.4) is 0 Å². The number of hydrogen-bond donors (Lipinski definition) is 3. The number of carbonyl (C=O) groups excluding carboxylic acids is 2. The maximum absolute atomic E-state index is 12.1. The normalized spacial score (nSPS) is 10.8. The number of imide groups is 1. The summed E-state index contributed by atoms with van der Waals surface area (Å²) in [5.41, 5.74) is -0.154. The fourth-order valence-corrected chi connectivity index (χ4v) is 1.85. The summed E-state index contributed by atoms with van der Waals surface area (Å²) >= 11 is 0. The Kier molecular flexibility index (Phi) is 4.19. The third kappa shape index (κ3) is 3.10. The molecule has 2 rings (SSSR count). The van der Waals surface area contributed by atoms with Gasteiger partial charge in [0.1, 0.15) is 5.75 Å². The molecule has 2 amide bonds. The lowest BCUT2D eigenvalue weighted by Crippen LogP contribution is -2.41. The van der Waals surface area contributed by atoms with Crippen molar-refractivity contribution in [2.75, 3.05) is 0 Å². The maximum atomic E-state index is 12.1. The summed E-state index contributed by atoms with van der Waals surface area (Å²) in [5.74, 6) is 1.75. The van der Waals surface area contributed by atoms with Gasteiger partial charge in [-0.2, -0.15) is 0 Å². The SMILES string of the molecule is NN(C(=O)/C=C\C(=O)O)C(=O)c1cc2ccccc2cc1O. The molecule has 0 radical (unpaired) electrons. The van der Waals surface area contributed by atoms with Gasteiger partial charge in [-0.15, -0.1) is 0 Å². The standard InChI is InChI=1S/C15H12N2O5/c16-17(13(19)5-6-14(20)21)15(22)11-7-9-3-1-2-4-10(9)8-12(11)18/h1-8,18H,16H2,(H,20,21)/b6-5-. The van der Waals surface area contributed by atoms with Crippen molar-refractivity contribution in [1.82, 2.24) is 5.01 Å². The van der Waals surface area contributed by atoms with Gasteiger partial charge in [0.05, 0.1) is 5.56 Å². The van der Waals surface area contributed by atoms with E-state index in [0.29, 0.717) is 17.5 Å². The Balaban J connectivity index is 2.34. The van der Waals surface area contributed by atoms with Crippen molar-refractivity contribution in [1.29, 1.82) is 0 Å². The van der Waals surface area contributed by atoms with Crippen LogP contribution in [0.1, 0.15) is 10.4 Å². The maximum Gasteiger partial charge on any atom is 0.328 e. The van der Waals surface area contributed by atoms with Gasteiger partial charge in [-0.1, -0.05) is 24.3 Å². The molecule has 0 aliphatic rings. The number of benzene rings is 2. The van der Waals surface area contributed by atoms with Crippen LogP contribution in [0.4, 0.5) is 0 Å². The van der Waals surface area contributed by atoms with Crippen LogP contribution in [0.15, 0.2) is 48.6 Å². The van der Waals surface area contributed by atoms with Gasteiger partial charge in [-0.05, 0) is 22.9 Å². The summed E-state index contributed by atoms with van der Waals surface area (Å²) in [5, 5.41) is 20.0. The number of phenolic OH excluding ortho intramolecular Hbond substituents is 1. The fourth-order valence-electron chi connectivity index (χ4n) is 1.85. The number of hydrazine groups is 1. The summed E-state index contributed by atoms with van der Waals surface area (Å²) in [6.07, 6.45) is 1.22. The number of phenols is 1. The lowest BCUT2D eigenvalue weighted by molar-refractivity contribution is -0.132. The monoisotopic (exact) mass is 300 g/mol. The van der Waals surface area contributed by atoms with E-state index in [0.717, 1.165) is 5.39 Å². The van der Waals surface area contributed by atoms with Gasteiger partial charge in [-0.25, -0.2) is 15.6 Å². The minimum atomic E-state index is -1.34. The molecule has 0 unspecified atom stereocenters. The highest BCUT2D eigenvalue weighted by Gasteiger charge is 2.21. The summed E-state index contributed by atoms with van der Waals surface area (Å²) in [4.78, 5) is 34.1. The van der Waals surface area contributed by atoms with Crippen LogP contribution in [0.2, 0.25) is 0 Å². The van der Waals surface area contributed by atoms with Gasteiger partial charge in [0.15, 0.2) is 0 Å². The van der Waals surface area contributed by atoms with Gasteiger partial charge < -0.3 is 10.2 Å². The number of hydrogen-bond acceptors (Lipinski definition) is 5. The summed E-state index contributed by atoms with van der Waals surface area (Å²) in [7, 11) is 0. The first-order chi connectivity index (χ1) is 10.4. The van der Waals surface area contributed by atoms with Gasteiger partial charge in [0.25, 0.3) is 11.8 Å². The van der Waals surface area contributed by atoms with E-state index in [1.54, 1.807) is 24.3 Å². The molecular weight excluding hydrogens is 288 g/mol. The lowest BCUT2D eigenvalue weighted by atomic mass is 10.1. The number of carboxylic acid groups (broad SMARTS) is 1. The van der Waals surface area contributed by atoms with Crippen molar-refractivity contribution < 1.29 is 24.6 Å². The van der Waals surface area contributed by atoms with E-state index in [9.17, 15) is 19.5 Å². The zero-order valence-electron chi connectivity index (χ0n) is 11.3. The highest BCUT2D eigenvalue weighted by molar-refractivity contribution is 6.10. The minimum Gasteiger partial charge on any atom is -0.507 e. The third-order valence-corrected chi connectivity index (χ3v) is 2.92. The molecule has 0 fully saturated rings. The molecule has 112 valence electrons. The number of carbonyl (C=O) groups is 3. The molecule has 0 bridgehead atoms. The molecule has 0 aliphatic carbocycles. The largest absolute Gasteiger partial charge is 0.507 e. The molecule has 4 N–H and O–H groups in total. The van der Waals surface area contributed by atoms with E-state index in [1.807, 2.05) is 0 Å². The van der Waals surface area contributed by atoms with Gasteiger partial charge in [0.2, 0.25) is 0 Å². The number of nitrogens with two attached hydrogens (primary N) is 1. The molecule has 7 nitrogen and oxygen atoms in total. The van der Waals surface area contributed by atoms with Gasteiger partial charge >= 0.3 is 5.97 Å². The van der Waals surface area contributed by atoms with Crippen LogP contribution in [0, 0.1) is 0 Å². The van der Waals surface area contributed by atoms with E-state index in [4.69, 9.17) is 10.9 Å². The van der Waals surface area contributed by atoms with Crippen LogP contribution < -0.4 is 5.84 Å². The van der Waals surface area contributed by atoms with E-state index in [-0.39, 0.29) is 16.3 Å². The van der Waals surface area contributed by atoms with Crippen molar-refractivity contribution in [3.05, 3.63) is 54.1 Å². The highest BCUT2D eigenvalue weighted by Crippen LogP contribution is 2.25. The molecule has 2 aromatic carbocycles. The predicted molar refractivity (Wildman–Crippen MR) is 77.8 cm³/mol. The molecule has 0 aromatic heterocycles. The van der Waals surface area contributed by atoms with Crippen LogP contribution >= 0.6 is 0 Å². The molecule has 0 saturated heterocycles. The smallest absolute Gasteiger partial charge is 0.328 e. The summed E-state index contributed by atoms with van der Waals surface area (Å²) in [6, 6.07) is 9.81. The number of amides is 2. The average Bonchev–Trinajstić information content (AvgIpc) is 2.50. The van der Waals surface area contributed by atoms with Crippen LogP contribution in [0.25, 0.3) is 10.8 Å². The second-order valence-corrected chi connectivity index (χ2v) is 4.40. The molecule has 0 aliphatic heterocycles. The summed E-state index contributed by atoms with van der Waals surface area (Å²) in [6.45, 7) is 0. The van der Waals surface area contributed by atoms with Crippen molar-refractivity contribution in [3.8, 4) is 5.75 Å². The Bertz CT molecular complexity index is 798. The van der Waals surface area contributed by atoms with E-state index < -0.39 is 17.8 Å². The zero-order chi connectivity index (χ0) is 16.3. The number of fused-ring (bicyclic) bond motifs is 1. The van der Waals surface area contributed by atoms with Gasteiger partial charge in [0, 0.05) is 12.2 Å². The number of nitrogens with zero attached hydrogens (tertiary/aromatic N) is 1. The number of carboxylic acids is 1. The number of rotatable bonds is 3. The molecule has 0 spiro atoms. The van der Waals surface area contributed by atoms with Crippen molar-refractivity contribution in [2.24, 2.45) is 5.84 Å². The first-order valence-electron chi connectivity index (χ1n) is 6.16. The lowest BCUT2D eigenvalue weighted by Gasteiger charge is -2.14. The molecule has 2 aromatic rings. The third-order valence-electron chi connectivity index (χ3n) is 2.92. The predicted octanol–water partition coefficient (Wildman–Crippen LogP) is 1.03. The van der Waals surface area contributed by atoms with Crippen molar-refractivity contribution in [3.63, 3.8) is 0 Å². The first kappa shape index (κ1) is 15.2. The molecule has 7 heteroatoms. The van der Waals surface area contributed by atoms with E-state index in [2.05, 4.69) is 0 Å². The Morgan fingerprint density at radius 2 is 1.64 bits per heavy atom. The average molecular weight is 300 g/mol. The minimum absolute atomic E-state index is 0.154. The van der Waals surface area contributed by atoms with E-state index in [1.165, 1.54) is 12.1 Å². The Morgan fingerprint density at radius 1 is 1.05 bits per heavy atom. The van der Waals surface area contributed by atoms with Crippen molar-refractivity contribution >= 4 is 28.6 Å². The van der Waals surface area contributed by atoms with Crippen LogP contribution in [-0.2, 0) is 9.59 Å². The fraction of sp³-hybridized carbons (Fsp3) is 0.